The van der Waals surface area contributed by atoms with Crippen LogP contribution in [0.15, 0.2) is 0 Å². The molecule has 0 aliphatic heterocycles. The highest BCUT2D eigenvalue weighted by molar-refractivity contribution is 4.87. The van der Waals surface area contributed by atoms with Gasteiger partial charge in [0.1, 0.15) is 0 Å². The molecule has 2 rings (SSSR count). The Labute approximate surface area is 133 Å². The molecule has 2 fully saturated rings. The van der Waals surface area contributed by atoms with E-state index in [0.717, 1.165) is 17.9 Å². The van der Waals surface area contributed by atoms with Crippen LogP contribution >= 0.6 is 0 Å². The summed E-state index contributed by atoms with van der Waals surface area (Å²) in [6, 6.07) is 1.51. The van der Waals surface area contributed by atoms with Gasteiger partial charge in [-0.3, -0.25) is 0 Å². The van der Waals surface area contributed by atoms with Gasteiger partial charge < -0.3 is 10.2 Å². The molecule has 0 spiro atoms. The average molecular weight is 295 g/mol. The Balaban J connectivity index is 1.62. The second-order valence-corrected chi connectivity index (χ2v) is 7.55. The van der Waals surface area contributed by atoms with Crippen molar-refractivity contribution in [2.45, 2.75) is 90.6 Å². The highest BCUT2D eigenvalue weighted by atomic mass is 15.1. The quantitative estimate of drug-likeness (QED) is 0.711. The second-order valence-electron chi connectivity index (χ2n) is 7.55. The van der Waals surface area contributed by atoms with Gasteiger partial charge in [0.15, 0.2) is 0 Å². The fourth-order valence-electron chi connectivity index (χ4n) is 4.67. The molecule has 1 N–H and O–H groups in total. The average Bonchev–Trinajstić information content (AvgIpc) is 2.51. The topological polar surface area (TPSA) is 15.3 Å². The zero-order chi connectivity index (χ0) is 15.1. The van der Waals surface area contributed by atoms with Gasteiger partial charge in [-0.15, -0.1) is 0 Å². The molecule has 2 nitrogen and oxygen atoms in total. The Morgan fingerprint density at radius 3 is 2.43 bits per heavy atom. The van der Waals surface area contributed by atoms with Crippen LogP contribution in [-0.4, -0.2) is 36.6 Å². The second kappa shape index (κ2) is 9.15. The first kappa shape index (κ1) is 17.3. The van der Waals surface area contributed by atoms with Crippen molar-refractivity contribution < 1.29 is 0 Å². The lowest BCUT2D eigenvalue weighted by atomic mass is 9.69. The first-order valence-electron chi connectivity index (χ1n) is 9.71. The maximum atomic E-state index is 3.94. The molecule has 4 unspecified atom stereocenters. The van der Waals surface area contributed by atoms with Gasteiger partial charge in [-0.05, 0) is 70.5 Å². The smallest absolute Gasteiger partial charge is 0.00723 e. The third-order valence-corrected chi connectivity index (χ3v) is 6.07. The summed E-state index contributed by atoms with van der Waals surface area (Å²) in [7, 11) is 0. The van der Waals surface area contributed by atoms with E-state index in [4.69, 9.17) is 0 Å². The van der Waals surface area contributed by atoms with Crippen LogP contribution in [0.1, 0.15) is 78.6 Å². The Hall–Kier alpha value is -0.0800. The SMILES string of the molecule is CCN(CC)CCCC(C)NC1CCC2CCCCC2C1. The van der Waals surface area contributed by atoms with Crippen molar-refractivity contribution in [1.82, 2.24) is 10.2 Å². The van der Waals surface area contributed by atoms with Crippen LogP contribution in [0.25, 0.3) is 0 Å². The van der Waals surface area contributed by atoms with Crippen molar-refractivity contribution in [1.29, 1.82) is 0 Å². The molecule has 4 atom stereocenters. The van der Waals surface area contributed by atoms with Crippen molar-refractivity contribution in [2.24, 2.45) is 11.8 Å². The van der Waals surface area contributed by atoms with Crippen molar-refractivity contribution in [3.05, 3.63) is 0 Å². The van der Waals surface area contributed by atoms with Gasteiger partial charge >= 0.3 is 0 Å². The predicted molar refractivity (Wildman–Crippen MR) is 92.7 cm³/mol. The molecule has 21 heavy (non-hydrogen) atoms. The van der Waals surface area contributed by atoms with Gasteiger partial charge in [0.25, 0.3) is 0 Å². The lowest BCUT2D eigenvalue weighted by Gasteiger charge is -2.40. The highest BCUT2D eigenvalue weighted by Crippen LogP contribution is 2.40. The van der Waals surface area contributed by atoms with Crippen LogP contribution in [0.2, 0.25) is 0 Å². The number of rotatable bonds is 8. The van der Waals surface area contributed by atoms with E-state index in [2.05, 4.69) is 31.0 Å². The number of nitrogens with one attached hydrogen (secondary N) is 1. The van der Waals surface area contributed by atoms with E-state index in [9.17, 15) is 0 Å². The van der Waals surface area contributed by atoms with E-state index in [-0.39, 0.29) is 0 Å². The first-order chi connectivity index (χ1) is 10.2. The third kappa shape index (κ3) is 5.56. The van der Waals surface area contributed by atoms with Crippen LogP contribution in [-0.2, 0) is 0 Å². The van der Waals surface area contributed by atoms with E-state index in [1.165, 1.54) is 77.4 Å². The molecular weight excluding hydrogens is 256 g/mol. The Kier molecular flexibility index (Phi) is 7.53. The van der Waals surface area contributed by atoms with Gasteiger partial charge in [0, 0.05) is 12.1 Å². The minimum atomic E-state index is 0.700. The Morgan fingerprint density at radius 2 is 1.71 bits per heavy atom. The maximum Gasteiger partial charge on any atom is 0.00723 e. The molecule has 0 saturated heterocycles. The summed E-state index contributed by atoms with van der Waals surface area (Å²) in [6.45, 7) is 10.6. The van der Waals surface area contributed by atoms with Gasteiger partial charge in [0.2, 0.25) is 0 Å². The van der Waals surface area contributed by atoms with Crippen LogP contribution in [0.3, 0.4) is 0 Å². The minimum Gasteiger partial charge on any atom is -0.311 e. The molecule has 0 bridgehead atoms. The standard InChI is InChI=1S/C19H38N2/c1-4-21(5-2)14-8-9-16(3)20-19-13-12-17-10-6-7-11-18(17)15-19/h16-20H,4-15H2,1-3H3. The van der Waals surface area contributed by atoms with Crippen LogP contribution in [0.4, 0.5) is 0 Å². The van der Waals surface area contributed by atoms with Gasteiger partial charge in [-0.2, -0.15) is 0 Å². The third-order valence-electron chi connectivity index (χ3n) is 6.07. The molecule has 0 aromatic heterocycles. The minimum absolute atomic E-state index is 0.700. The van der Waals surface area contributed by atoms with E-state index in [1.807, 2.05) is 0 Å². The highest BCUT2D eigenvalue weighted by Gasteiger charge is 2.32. The summed E-state index contributed by atoms with van der Waals surface area (Å²) >= 11 is 0. The van der Waals surface area contributed by atoms with Crippen molar-refractivity contribution >= 4 is 0 Å². The summed E-state index contributed by atoms with van der Waals surface area (Å²) in [5.74, 6) is 2.13. The van der Waals surface area contributed by atoms with E-state index in [1.54, 1.807) is 0 Å². The van der Waals surface area contributed by atoms with E-state index in [0.29, 0.717) is 6.04 Å². The molecule has 124 valence electrons. The Morgan fingerprint density at radius 1 is 1.00 bits per heavy atom. The molecule has 0 radical (unpaired) electrons. The maximum absolute atomic E-state index is 3.94. The fourth-order valence-corrected chi connectivity index (χ4v) is 4.67. The van der Waals surface area contributed by atoms with Crippen LogP contribution in [0, 0.1) is 11.8 Å². The molecule has 0 aromatic rings. The molecule has 2 saturated carbocycles. The van der Waals surface area contributed by atoms with Crippen LogP contribution in [0.5, 0.6) is 0 Å². The summed E-state index contributed by atoms with van der Waals surface area (Å²) in [5, 5.41) is 3.94. The normalized spacial score (nSPS) is 31.1. The lowest BCUT2D eigenvalue weighted by Crippen LogP contribution is -2.42. The fraction of sp³-hybridized carbons (Fsp3) is 1.00. The Bertz CT molecular complexity index is 275. The van der Waals surface area contributed by atoms with Gasteiger partial charge in [-0.25, -0.2) is 0 Å². The molecule has 2 aliphatic carbocycles. The summed E-state index contributed by atoms with van der Waals surface area (Å²) in [5.41, 5.74) is 0. The molecule has 2 aliphatic rings. The summed E-state index contributed by atoms with van der Waals surface area (Å²) in [4.78, 5) is 2.54. The number of hydrogen-bond donors (Lipinski definition) is 1. The zero-order valence-corrected chi connectivity index (χ0v) is 14.7. The van der Waals surface area contributed by atoms with Gasteiger partial charge in [-0.1, -0.05) is 39.5 Å². The first-order valence-corrected chi connectivity index (χ1v) is 9.71. The summed E-state index contributed by atoms with van der Waals surface area (Å²) < 4.78 is 0. The molecule has 0 aromatic carbocycles. The monoisotopic (exact) mass is 294 g/mol. The van der Waals surface area contributed by atoms with Crippen molar-refractivity contribution in [3.63, 3.8) is 0 Å². The number of nitrogens with zero attached hydrogens (tertiary/aromatic N) is 1. The summed E-state index contributed by atoms with van der Waals surface area (Å²) in [6.07, 6.45) is 13.1. The molecule has 2 heteroatoms. The molecule has 0 heterocycles. The largest absolute Gasteiger partial charge is 0.311 e. The number of fused-ring (bicyclic) bond motifs is 1. The zero-order valence-electron chi connectivity index (χ0n) is 14.7. The van der Waals surface area contributed by atoms with E-state index >= 15 is 0 Å². The molecule has 0 amide bonds. The van der Waals surface area contributed by atoms with Gasteiger partial charge in [0.05, 0.1) is 0 Å². The number of hydrogen-bond acceptors (Lipinski definition) is 2. The molecular formula is C19H38N2. The van der Waals surface area contributed by atoms with E-state index < -0.39 is 0 Å². The predicted octanol–water partition coefficient (Wildman–Crippen LogP) is 4.45. The van der Waals surface area contributed by atoms with Crippen LogP contribution < -0.4 is 5.32 Å². The lowest BCUT2D eigenvalue weighted by molar-refractivity contribution is 0.138. The van der Waals surface area contributed by atoms with Crippen molar-refractivity contribution in [2.75, 3.05) is 19.6 Å². The van der Waals surface area contributed by atoms with Crippen molar-refractivity contribution in [3.8, 4) is 0 Å².